The van der Waals surface area contributed by atoms with Gasteiger partial charge in [0, 0.05) is 7.05 Å². The minimum absolute atomic E-state index is 0.657. The molecule has 0 aliphatic heterocycles. The molecule has 3 nitrogen and oxygen atoms in total. The number of halogens is 1. The number of aliphatic hydroxyl groups is 1. The van der Waals surface area contributed by atoms with E-state index < -0.39 is 5.60 Å². The highest BCUT2D eigenvalue weighted by molar-refractivity contribution is 9.10. The molecule has 11 heavy (non-hydrogen) atoms. The highest BCUT2D eigenvalue weighted by Crippen LogP contribution is 2.20. The van der Waals surface area contributed by atoms with Crippen LogP contribution < -0.4 is 0 Å². The van der Waals surface area contributed by atoms with Crippen molar-refractivity contribution >= 4 is 15.9 Å². The summed E-state index contributed by atoms with van der Waals surface area (Å²) in [5, 5.41) is 9.58. The minimum Gasteiger partial charge on any atom is -0.383 e. The van der Waals surface area contributed by atoms with Crippen molar-refractivity contribution in [2.24, 2.45) is 7.05 Å². The summed E-state index contributed by atoms with van der Waals surface area (Å²) < 4.78 is 2.68. The predicted molar refractivity (Wildman–Crippen MR) is 46.2 cm³/mol. The SMILES string of the molecule is Cn1c(Br)cnc1C(C)(C)O. The Kier molecular flexibility index (Phi) is 2.07. The van der Waals surface area contributed by atoms with Gasteiger partial charge in [-0.2, -0.15) is 0 Å². The summed E-state index contributed by atoms with van der Waals surface area (Å²) in [5.41, 5.74) is -0.874. The van der Waals surface area contributed by atoms with E-state index in [0.29, 0.717) is 5.82 Å². The standard InChI is InChI=1S/C7H11BrN2O/c1-7(2,11)6-9-4-5(8)10(6)3/h4,11H,1-3H3. The van der Waals surface area contributed by atoms with E-state index in [1.54, 1.807) is 24.6 Å². The highest BCUT2D eigenvalue weighted by atomic mass is 79.9. The third-order valence-electron chi connectivity index (χ3n) is 1.48. The number of hydrogen-bond donors (Lipinski definition) is 1. The van der Waals surface area contributed by atoms with Crippen LogP contribution in [-0.4, -0.2) is 14.7 Å². The van der Waals surface area contributed by atoms with Crippen LogP contribution in [0.5, 0.6) is 0 Å². The molecular weight excluding hydrogens is 208 g/mol. The molecule has 0 aromatic carbocycles. The zero-order chi connectivity index (χ0) is 8.65. The van der Waals surface area contributed by atoms with Crippen LogP contribution in [0.2, 0.25) is 0 Å². The topological polar surface area (TPSA) is 38.0 Å². The molecule has 0 aliphatic carbocycles. The Labute approximate surface area is 74.2 Å². The van der Waals surface area contributed by atoms with Crippen molar-refractivity contribution < 1.29 is 5.11 Å². The number of nitrogens with zero attached hydrogens (tertiary/aromatic N) is 2. The Morgan fingerprint density at radius 3 is 2.36 bits per heavy atom. The first-order valence-corrected chi connectivity index (χ1v) is 4.12. The second-order valence-electron chi connectivity index (χ2n) is 3.02. The lowest BCUT2D eigenvalue weighted by atomic mass is 10.1. The zero-order valence-electron chi connectivity index (χ0n) is 6.80. The molecule has 0 atom stereocenters. The smallest absolute Gasteiger partial charge is 0.140 e. The van der Waals surface area contributed by atoms with Crippen LogP contribution in [0.15, 0.2) is 10.8 Å². The van der Waals surface area contributed by atoms with Gasteiger partial charge in [0.05, 0.1) is 6.20 Å². The van der Waals surface area contributed by atoms with Crippen molar-refractivity contribution in [3.63, 3.8) is 0 Å². The second-order valence-corrected chi connectivity index (χ2v) is 3.84. The molecule has 0 amide bonds. The van der Waals surface area contributed by atoms with E-state index in [-0.39, 0.29) is 0 Å². The first-order valence-electron chi connectivity index (χ1n) is 3.33. The van der Waals surface area contributed by atoms with Crippen LogP contribution in [0.25, 0.3) is 0 Å². The van der Waals surface area contributed by atoms with Crippen LogP contribution in [-0.2, 0) is 12.6 Å². The van der Waals surface area contributed by atoms with Gasteiger partial charge in [0.2, 0.25) is 0 Å². The summed E-state index contributed by atoms with van der Waals surface area (Å²) in [6.45, 7) is 3.42. The van der Waals surface area contributed by atoms with Crippen LogP contribution in [0.3, 0.4) is 0 Å². The third kappa shape index (κ3) is 1.62. The first kappa shape index (κ1) is 8.74. The minimum atomic E-state index is -0.874. The van der Waals surface area contributed by atoms with Gasteiger partial charge in [-0.3, -0.25) is 0 Å². The molecule has 1 aromatic rings. The predicted octanol–water partition coefficient (Wildman–Crippen LogP) is 1.41. The van der Waals surface area contributed by atoms with Crippen molar-refractivity contribution in [2.75, 3.05) is 0 Å². The number of aromatic nitrogens is 2. The van der Waals surface area contributed by atoms with E-state index in [2.05, 4.69) is 20.9 Å². The van der Waals surface area contributed by atoms with Crippen LogP contribution in [0, 0.1) is 0 Å². The van der Waals surface area contributed by atoms with Gasteiger partial charge in [-0.25, -0.2) is 4.98 Å². The summed E-state index contributed by atoms with van der Waals surface area (Å²) in [4.78, 5) is 4.05. The molecule has 0 radical (unpaired) electrons. The van der Waals surface area contributed by atoms with Gasteiger partial charge in [-0.15, -0.1) is 0 Å². The molecule has 0 fully saturated rings. The largest absolute Gasteiger partial charge is 0.383 e. The van der Waals surface area contributed by atoms with E-state index in [4.69, 9.17) is 0 Å². The lowest BCUT2D eigenvalue weighted by molar-refractivity contribution is 0.0657. The van der Waals surface area contributed by atoms with Gasteiger partial charge in [0.15, 0.2) is 0 Å². The van der Waals surface area contributed by atoms with E-state index in [1.807, 2.05) is 7.05 Å². The van der Waals surface area contributed by atoms with Crippen LogP contribution >= 0.6 is 15.9 Å². The molecule has 1 N–H and O–H groups in total. The van der Waals surface area contributed by atoms with E-state index in [0.717, 1.165) is 4.60 Å². The highest BCUT2D eigenvalue weighted by Gasteiger charge is 2.21. The van der Waals surface area contributed by atoms with Crippen molar-refractivity contribution in [1.82, 2.24) is 9.55 Å². The number of imidazole rings is 1. The van der Waals surface area contributed by atoms with Gasteiger partial charge >= 0.3 is 0 Å². The lowest BCUT2D eigenvalue weighted by Gasteiger charge is -2.16. The molecule has 0 aliphatic rings. The number of hydrogen-bond acceptors (Lipinski definition) is 2. The molecule has 62 valence electrons. The molecule has 4 heteroatoms. The summed E-state index contributed by atoms with van der Waals surface area (Å²) in [5.74, 6) is 0.657. The van der Waals surface area contributed by atoms with Gasteiger partial charge in [0.25, 0.3) is 0 Å². The molecule has 0 saturated carbocycles. The average Bonchev–Trinajstić information content (AvgIpc) is 2.11. The fraction of sp³-hybridized carbons (Fsp3) is 0.571. The van der Waals surface area contributed by atoms with E-state index >= 15 is 0 Å². The first-order chi connectivity index (χ1) is 4.93. The van der Waals surface area contributed by atoms with Crippen molar-refractivity contribution in [1.29, 1.82) is 0 Å². The lowest BCUT2D eigenvalue weighted by Crippen LogP contribution is -2.20. The molecule has 0 spiro atoms. The molecule has 0 bridgehead atoms. The van der Waals surface area contributed by atoms with Crippen molar-refractivity contribution in [3.8, 4) is 0 Å². The maximum absolute atomic E-state index is 9.58. The molecule has 0 unspecified atom stereocenters. The molecular formula is C7H11BrN2O. The van der Waals surface area contributed by atoms with E-state index in [1.165, 1.54) is 0 Å². The molecule has 1 heterocycles. The Balaban J connectivity index is 3.15. The fourth-order valence-electron chi connectivity index (χ4n) is 0.957. The monoisotopic (exact) mass is 218 g/mol. The summed E-state index contributed by atoms with van der Waals surface area (Å²) in [7, 11) is 1.85. The molecule has 0 saturated heterocycles. The number of rotatable bonds is 1. The van der Waals surface area contributed by atoms with Gasteiger partial charge in [-0.05, 0) is 29.8 Å². The van der Waals surface area contributed by atoms with Crippen LogP contribution in [0.4, 0.5) is 0 Å². The normalized spacial score (nSPS) is 12.1. The Morgan fingerprint density at radius 1 is 1.64 bits per heavy atom. The second kappa shape index (κ2) is 2.60. The quantitative estimate of drug-likeness (QED) is 0.775. The maximum atomic E-state index is 9.58. The Bertz CT molecular complexity index is 262. The third-order valence-corrected chi connectivity index (χ3v) is 2.22. The van der Waals surface area contributed by atoms with Crippen molar-refractivity contribution in [2.45, 2.75) is 19.4 Å². The fourth-order valence-corrected chi connectivity index (χ4v) is 1.23. The Morgan fingerprint density at radius 2 is 2.18 bits per heavy atom. The summed E-state index contributed by atoms with van der Waals surface area (Å²) in [6.07, 6.45) is 1.67. The van der Waals surface area contributed by atoms with Gasteiger partial charge < -0.3 is 9.67 Å². The van der Waals surface area contributed by atoms with Crippen LogP contribution in [0.1, 0.15) is 19.7 Å². The molecule has 1 aromatic heterocycles. The summed E-state index contributed by atoms with van der Waals surface area (Å²) in [6, 6.07) is 0. The Hall–Kier alpha value is -0.350. The maximum Gasteiger partial charge on any atom is 0.140 e. The van der Waals surface area contributed by atoms with Crippen molar-refractivity contribution in [3.05, 3.63) is 16.6 Å². The molecule has 1 rings (SSSR count). The van der Waals surface area contributed by atoms with E-state index in [9.17, 15) is 5.11 Å². The van der Waals surface area contributed by atoms with Gasteiger partial charge in [0.1, 0.15) is 16.0 Å². The van der Waals surface area contributed by atoms with Gasteiger partial charge in [-0.1, -0.05) is 0 Å². The average molecular weight is 219 g/mol. The summed E-state index contributed by atoms with van der Waals surface area (Å²) >= 11 is 3.30. The zero-order valence-corrected chi connectivity index (χ0v) is 8.38.